The number of sulfonamides is 1. The van der Waals surface area contributed by atoms with Gasteiger partial charge in [-0.2, -0.15) is 0 Å². The highest BCUT2D eigenvalue weighted by molar-refractivity contribution is 7.89. The minimum absolute atomic E-state index is 0.00414. The molecule has 2 aromatic rings. The van der Waals surface area contributed by atoms with E-state index in [4.69, 9.17) is 5.73 Å². The smallest absolute Gasteiger partial charge is 0.244 e. The van der Waals surface area contributed by atoms with Crippen molar-refractivity contribution in [1.82, 2.24) is 14.7 Å². The molecule has 2 rings (SSSR count). The molecular formula is C12H13FN4O2S. The van der Waals surface area contributed by atoms with E-state index in [0.29, 0.717) is 5.56 Å². The SMILES string of the molecule is CC(NS(=O)(=O)c1cnc(N)nc1)c1ccc(F)cc1. The molecule has 1 heterocycles. The van der Waals surface area contributed by atoms with Crippen LogP contribution in [0.1, 0.15) is 18.5 Å². The zero-order chi connectivity index (χ0) is 14.8. The Hall–Kier alpha value is -2.06. The molecule has 0 radical (unpaired) electrons. The van der Waals surface area contributed by atoms with Gasteiger partial charge in [0.2, 0.25) is 16.0 Å². The van der Waals surface area contributed by atoms with E-state index in [1.807, 2.05) is 0 Å². The summed E-state index contributed by atoms with van der Waals surface area (Å²) in [7, 11) is -3.76. The van der Waals surface area contributed by atoms with E-state index in [0.717, 1.165) is 12.4 Å². The van der Waals surface area contributed by atoms with E-state index in [1.54, 1.807) is 6.92 Å². The number of rotatable bonds is 4. The van der Waals surface area contributed by atoms with Crippen LogP contribution in [0.5, 0.6) is 0 Å². The number of hydrogen-bond donors (Lipinski definition) is 2. The maximum absolute atomic E-state index is 12.8. The van der Waals surface area contributed by atoms with Crippen molar-refractivity contribution in [1.29, 1.82) is 0 Å². The highest BCUT2D eigenvalue weighted by atomic mass is 32.2. The Balaban J connectivity index is 2.19. The van der Waals surface area contributed by atoms with E-state index >= 15 is 0 Å². The average Bonchev–Trinajstić information content (AvgIpc) is 2.39. The molecule has 0 aliphatic carbocycles. The second kappa shape index (κ2) is 5.51. The molecule has 1 aromatic carbocycles. The van der Waals surface area contributed by atoms with E-state index in [-0.39, 0.29) is 16.7 Å². The van der Waals surface area contributed by atoms with Gasteiger partial charge in [0, 0.05) is 6.04 Å². The van der Waals surface area contributed by atoms with Gasteiger partial charge in [0.05, 0.1) is 12.4 Å². The van der Waals surface area contributed by atoms with Crippen LogP contribution in [-0.2, 0) is 10.0 Å². The number of nitrogen functional groups attached to an aromatic ring is 1. The van der Waals surface area contributed by atoms with Crippen molar-refractivity contribution in [2.45, 2.75) is 17.9 Å². The standard InChI is InChI=1S/C12H13FN4O2S/c1-8(9-2-4-10(13)5-3-9)17-20(18,19)11-6-15-12(14)16-7-11/h2-8,17H,1H3,(H2,14,15,16). The Morgan fingerprint density at radius 2 is 1.75 bits per heavy atom. The highest BCUT2D eigenvalue weighted by Crippen LogP contribution is 2.16. The van der Waals surface area contributed by atoms with Crippen molar-refractivity contribution < 1.29 is 12.8 Å². The lowest BCUT2D eigenvalue weighted by molar-refractivity contribution is 0.565. The summed E-state index contributed by atoms with van der Waals surface area (Å²) in [4.78, 5) is 7.19. The first-order valence-electron chi connectivity index (χ1n) is 5.74. The number of nitrogens with two attached hydrogens (primary N) is 1. The fourth-order valence-corrected chi connectivity index (χ4v) is 2.71. The normalized spacial score (nSPS) is 13.1. The largest absolute Gasteiger partial charge is 0.368 e. The maximum atomic E-state index is 12.8. The molecule has 20 heavy (non-hydrogen) atoms. The molecule has 6 nitrogen and oxygen atoms in total. The van der Waals surface area contributed by atoms with Gasteiger partial charge >= 0.3 is 0 Å². The zero-order valence-corrected chi connectivity index (χ0v) is 11.4. The Morgan fingerprint density at radius 1 is 1.20 bits per heavy atom. The Labute approximate surface area is 115 Å². The molecule has 0 fully saturated rings. The van der Waals surface area contributed by atoms with Crippen LogP contribution in [0.4, 0.5) is 10.3 Å². The number of anilines is 1. The Bertz CT molecular complexity index is 686. The lowest BCUT2D eigenvalue weighted by Gasteiger charge is -2.14. The summed E-state index contributed by atoms with van der Waals surface area (Å²) in [5, 5.41) is 0. The van der Waals surface area contributed by atoms with Crippen LogP contribution in [0.3, 0.4) is 0 Å². The summed E-state index contributed by atoms with van der Waals surface area (Å²) >= 11 is 0. The molecule has 8 heteroatoms. The molecule has 0 aliphatic heterocycles. The first kappa shape index (κ1) is 14.4. The molecule has 1 atom stereocenters. The van der Waals surface area contributed by atoms with Crippen molar-refractivity contribution in [3.63, 3.8) is 0 Å². The van der Waals surface area contributed by atoms with Gasteiger partial charge in [0.25, 0.3) is 0 Å². The fraction of sp³-hybridized carbons (Fsp3) is 0.167. The van der Waals surface area contributed by atoms with Crippen LogP contribution in [0.15, 0.2) is 41.6 Å². The molecule has 0 saturated carbocycles. The third-order valence-electron chi connectivity index (χ3n) is 2.66. The lowest BCUT2D eigenvalue weighted by atomic mass is 10.1. The number of aromatic nitrogens is 2. The van der Waals surface area contributed by atoms with Crippen LogP contribution in [0, 0.1) is 5.82 Å². The molecule has 1 unspecified atom stereocenters. The Kier molecular flexibility index (Phi) is 3.96. The second-order valence-corrected chi connectivity index (χ2v) is 5.89. The van der Waals surface area contributed by atoms with Crippen LogP contribution in [0.2, 0.25) is 0 Å². The quantitative estimate of drug-likeness (QED) is 0.884. The van der Waals surface area contributed by atoms with Gasteiger partial charge in [-0.05, 0) is 24.6 Å². The zero-order valence-electron chi connectivity index (χ0n) is 10.6. The number of halogens is 1. The lowest BCUT2D eigenvalue weighted by Crippen LogP contribution is -2.27. The molecular weight excluding hydrogens is 283 g/mol. The summed E-state index contributed by atoms with van der Waals surface area (Å²) < 4.78 is 39.5. The van der Waals surface area contributed by atoms with Crippen molar-refractivity contribution in [3.05, 3.63) is 48.0 Å². The number of nitrogens with zero attached hydrogens (tertiary/aromatic N) is 2. The van der Waals surface area contributed by atoms with Crippen LogP contribution in [0.25, 0.3) is 0 Å². The second-order valence-electron chi connectivity index (χ2n) is 4.17. The summed E-state index contributed by atoms with van der Waals surface area (Å²) in [6, 6.07) is 5.06. The summed E-state index contributed by atoms with van der Waals surface area (Å²) in [6.07, 6.45) is 2.25. The van der Waals surface area contributed by atoms with Crippen LogP contribution in [-0.4, -0.2) is 18.4 Å². The monoisotopic (exact) mass is 296 g/mol. The molecule has 0 aliphatic rings. The van der Waals surface area contributed by atoms with Crippen LogP contribution >= 0.6 is 0 Å². The molecule has 0 bridgehead atoms. The number of benzene rings is 1. The third-order valence-corrected chi connectivity index (χ3v) is 4.16. The van der Waals surface area contributed by atoms with Gasteiger partial charge in [-0.1, -0.05) is 12.1 Å². The van der Waals surface area contributed by atoms with Gasteiger partial charge in [-0.3, -0.25) is 0 Å². The molecule has 106 valence electrons. The number of hydrogen-bond acceptors (Lipinski definition) is 5. The fourth-order valence-electron chi connectivity index (χ4n) is 1.59. The van der Waals surface area contributed by atoms with Gasteiger partial charge < -0.3 is 5.73 Å². The minimum atomic E-state index is -3.76. The minimum Gasteiger partial charge on any atom is -0.368 e. The van der Waals surface area contributed by atoms with Gasteiger partial charge in [0.15, 0.2) is 0 Å². The molecule has 0 spiro atoms. The first-order chi connectivity index (χ1) is 9.38. The molecule has 1 aromatic heterocycles. The summed E-state index contributed by atoms with van der Waals surface area (Å²) in [6.45, 7) is 1.66. The van der Waals surface area contributed by atoms with Crippen LogP contribution < -0.4 is 10.5 Å². The topological polar surface area (TPSA) is 98.0 Å². The predicted octanol–water partition coefficient (Wildman–Crippen LogP) is 1.24. The van der Waals surface area contributed by atoms with E-state index in [1.165, 1.54) is 24.3 Å². The van der Waals surface area contributed by atoms with Gasteiger partial charge in [-0.15, -0.1) is 0 Å². The first-order valence-corrected chi connectivity index (χ1v) is 7.22. The van der Waals surface area contributed by atoms with Gasteiger partial charge in [-0.25, -0.2) is 27.5 Å². The highest BCUT2D eigenvalue weighted by Gasteiger charge is 2.19. The van der Waals surface area contributed by atoms with Gasteiger partial charge in [0.1, 0.15) is 10.7 Å². The summed E-state index contributed by atoms with van der Waals surface area (Å²) in [5.74, 6) is -0.383. The molecule has 3 N–H and O–H groups in total. The van der Waals surface area contributed by atoms with Crippen molar-refractivity contribution in [3.8, 4) is 0 Å². The molecule has 0 amide bonds. The summed E-state index contributed by atoms with van der Waals surface area (Å²) in [5.41, 5.74) is 5.95. The molecule has 0 saturated heterocycles. The third kappa shape index (κ3) is 3.28. The maximum Gasteiger partial charge on any atom is 0.244 e. The van der Waals surface area contributed by atoms with Crippen molar-refractivity contribution in [2.24, 2.45) is 0 Å². The van der Waals surface area contributed by atoms with E-state index in [9.17, 15) is 12.8 Å². The van der Waals surface area contributed by atoms with Crippen molar-refractivity contribution >= 4 is 16.0 Å². The van der Waals surface area contributed by atoms with Crippen molar-refractivity contribution in [2.75, 3.05) is 5.73 Å². The average molecular weight is 296 g/mol. The number of nitrogens with one attached hydrogen (secondary N) is 1. The van der Waals surface area contributed by atoms with E-state index in [2.05, 4.69) is 14.7 Å². The Morgan fingerprint density at radius 3 is 2.30 bits per heavy atom. The predicted molar refractivity (Wildman–Crippen MR) is 71.6 cm³/mol. The van der Waals surface area contributed by atoms with E-state index < -0.39 is 16.1 Å².